The third-order valence-electron chi connectivity index (χ3n) is 10.9. The van der Waals surface area contributed by atoms with Crippen LogP contribution >= 0.6 is 0 Å². The quantitative estimate of drug-likeness (QED) is 0.510. The zero-order chi connectivity index (χ0) is 28.0. The molecule has 4 unspecified atom stereocenters. The van der Waals surface area contributed by atoms with Gasteiger partial charge in [0, 0.05) is 37.3 Å². The molecule has 2 aromatic rings. The fraction of sp³-hybridized carbons (Fsp3) is 0.588. The van der Waals surface area contributed by atoms with Crippen molar-refractivity contribution in [2.24, 2.45) is 11.8 Å². The number of benzene rings is 2. The van der Waals surface area contributed by atoms with E-state index in [1.165, 1.54) is 35.1 Å². The molecule has 6 heteroatoms. The molecule has 0 radical (unpaired) electrons. The Bertz CT molecular complexity index is 1120. The highest BCUT2D eigenvalue weighted by atomic mass is 16.2. The van der Waals surface area contributed by atoms with Gasteiger partial charge in [0.2, 0.25) is 11.8 Å². The van der Waals surface area contributed by atoms with Crippen molar-refractivity contribution in [3.05, 3.63) is 70.8 Å². The average Bonchev–Trinajstić information content (AvgIpc) is 3.31. The smallest absolute Gasteiger partial charge is 0.225 e. The summed E-state index contributed by atoms with van der Waals surface area (Å²) in [6.07, 6.45) is 6.56. The summed E-state index contributed by atoms with van der Waals surface area (Å²) in [6.45, 7) is 5.15. The highest BCUT2D eigenvalue weighted by Crippen LogP contribution is 2.47. The zero-order valence-electron chi connectivity index (χ0n) is 24.6. The molecule has 4 aliphatic rings. The van der Waals surface area contributed by atoms with E-state index in [1.807, 2.05) is 0 Å². The van der Waals surface area contributed by atoms with Crippen LogP contribution in [0.2, 0.25) is 0 Å². The summed E-state index contributed by atoms with van der Waals surface area (Å²) in [4.78, 5) is 32.2. The summed E-state index contributed by atoms with van der Waals surface area (Å²) in [5.74, 6) is 0.627. The minimum absolute atomic E-state index is 0.0597. The van der Waals surface area contributed by atoms with Crippen LogP contribution < -0.4 is 10.6 Å². The van der Waals surface area contributed by atoms with Crippen LogP contribution in [0.1, 0.15) is 72.6 Å². The van der Waals surface area contributed by atoms with Gasteiger partial charge in [0.1, 0.15) is 0 Å². The van der Waals surface area contributed by atoms with E-state index in [0.717, 1.165) is 25.7 Å². The second-order valence-corrected chi connectivity index (χ2v) is 13.1. The fourth-order valence-electron chi connectivity index (χ4n) is 8.57. The lowest BCUT2D eigenvalue weighted by Gasteiger charge is -2.42. The number of hydrogen-bond acceptors (Lipinski definition) is 4. The van der Waals surface area contributed by atoms with Crippen molar-refractivity contribution in [3.63, 3.8) is 0 Å². The monoisotopic (exact) mass is 542 g/mol. The molecule has 0 aromatic heterocycles. The Morgan fingerprint density at radius 1 is 0.650 bits per heavy atom. The van der Waals surface area contributed by atoms with E-state index in [4.69, 9.17) is 0 Å². The molecule has 6 rings (SSSR count). The van der Waals surface area contributed by atoms with E-state index >= 15 is 0 Å². The molecule has 4 heterocycles. The second kappa shape index (κ2) is 11.3. The molecule has 2 amide bonds. The van der Waals surface area contributed by atoms with Crippen LogP contribution in [0.3, 0.4) is 0 Å². The molecule has 4 bridgehead atoms. The molecule has 4 fully saturated rings. The molecule has 40 heavy (non-hydrogen) atoms. The third kappa shape index (κ3) is 5.09. The molecule has 0 aliphatic carbocycles. The summed E-state index contributed by atoms with van der Waals surface area (Å²) in [5, 5.41) is 6.45. The number of piperidine rings is 2. The molecule has 2 N–H and O–H groups in total. The number of carbonyl (C=O) groups is 2. The molecule has 0 saturated carbocycles. The van der Waals surface area contributed by atoms with Crippen LogP contribution in [0, 0.1) is 25.7 Å². The zero-order valence-corrected chi connectivity index (χ0v) is 24.6. The van der Waals surface area contributed by atoms with Crippen LogP contribution in [0.25, 0.3) is 0 Å². The van der Waals surface area contributed by atoms with Crippen molar-refractivity contribution in [3.8, 4) is 0 Å². The van der Waals surface area contributed by atoms with Crippen molar-refractivity contribution in [2.75, 3.05) is 27.2 Å². The first-order chi connectivity index (χ1) is 19.3. The number of fused-ring (bicyclic) bond motifs is 4. The van der Waals surface area contributed by atoms with E-state index in [9.17, 15) is 9.59 Å². The summed E-state index contributed by atoms with van der Waals surface area (Å²) in [5.41, 5.74) is 5.06. The molecular weight excluding hydrogens is 496 g/mol. The highest BCUT2D eigenvalue weighted by molar-refractivity contribution is 5.82. The Morgan fingerprint density at radius 3 is 1.40 bits per heavy atom. The minimum Gasteiger partial charge on any atom is -0.354 e. The van der Waals surface area contributed by atoms with E-state index < -0.39 is 0 Å². The molecule has 6 nitrogen and oxygen atoms in total. The topological polar surface area (TPSA) is 64.7 Å². The van der Waals surface area contributed by atoms with Gasteiger partial charge in [0.05, 0.1) is 11.8 Å². The SMILES string of the molecule is Cc1ccc(C2C[C@H]3CCC([C@H]2C(=O)NCCNC(=O)[C@H]2C(c4ccc(C)cc4)C[C@@H]4CCC2N4C)N3C)cc1. The normalized spacial score (nSPS) is 33.6. The van der Waals surface area contributed by atoms with Crippen LogP contribution in [0.5, 0.6) is 0 Å². The van der Waals surface area contributed by atoms with Gasteiger partial charge in [0.25, 0.3) is 0 Å². The predicted octanol–water partition coefficient (Wildman–Crippen LogP) is 4.37. The molecular formula is C34H46N4O2. The lowest BCUT2D eigenvalue weighted by Crippen LogP contribution is -2.53. The van der Waals surface area contributed by atoms with Crippen molar-refractivity contribution >= 4 is 11.8 Å². The Hall–Kier alpha value is -2.70. The Morgan fingerprint density at radius 2 is 1.02 bits per heavy atom. The lowest BCUT2D eigenvalue weighted by molar-refractivity contribution is -0.131. The highest BCUT2D eigenvalue weighted by Gasteiger charge is 2.50. The molecule has 8 atom stereocenters. The van der Waals surface area contributed by atoms with Gasteiger partial charge in [-0.15, -0.1) is 0 Å². The minimum atomic E-state index is -0.0597. The van der Waals surface area contributed by atoms with Crippen molar-refractivity contribution < 1.29 is 9.59 Å². The summed E-state index contributed by atoms with van der Waals surface area (Å²) >= 11 is 0. The standard InChI is InChI=1S/C34H46N4O2/c1-21-5-9-23(10-6-21)27-19-25-13-15-29(37(25)3)31(27)33(39)35-17-18-36-34(40)32-28(24-11-7-22(2)8-12-24)20-26-14-16-30(32)38(26)4/h5-12,25-32H,13-20H2,1-4H3,(H,35,39)(H,36,40)/t25-,26+,27?,28?,29?,30?,31-,32-/m0/s1. The van der Waals surface area contributed by atoms with Gasteiger partial charge < -0.3 is 10.6 Å². The number of nitrogens with zero attached hydrogens (tertiary/aromatic N) is 2. The van der Waals surface area contributed by atoms with Crippen LogP contribution in [0.4, 0.5) is 0 Å². The molecule has 0 spiro atoms. The first kappa shape index (κ1) is 27.5. The van der Waals surface area contributed by atoms with Crippen molar-refractivity contribution in [1.29, 1.82) is 0 Å². The molecule has 2 aromatic carbocycles. The van der Waals surface area contributed by atoms with Gasteiger partial charge in [-0.1, -0.05) is 59.7 Å². The number of rotatable bonds is 7. The maximum absolute atomic E-state index is 13.7. The lowest BCUT2D eigenvalue weighted by atomic mass is 9.75. The fourth-order valence-corrected chi connectivity index (χ4v) is 8.57. The Labute approximate surface area is 239 Å². The Balaban J connectivity index is 1.10. The third-order valence-corrected chi connectivity index (χ3v) is 10.9. The van der Waals surface area contributed by atoms with Gasteiger partial charge in [0.15, 0.2) is 0 Å². The van der Waals surface area contributed by atoms with E-state index in [2.05, 4.69) is 96.9 Å². The number of carbonyl (C=O) groups excluding carboxylic acids is 2. The number of amides is 2. The van der Waals surface area contributed by atoms with Crippen molar-refractivity contribution in [2.45, 2.75) is 88.4 Å². The maximum Gasteiger partial charge on any atom is 0.225 e. The molecule has 4 saturated heterocycles. The summed E-state index contributed by atoms with van der Waals surface area (Å²) < 4.78 is 0. The van der Waals surface area contributed by atoms with E-state index in [1.54, 1.807) is 0 Å². The number of hydrogen-bond donors (Lipinski definition) is 2. The Kier molecular flexibility index (Phi) is 7.75. The first-order valence-corrected chi connectivity index (χ1v) is 15.4. The van der Waals surface area contributed by atoms with Crippen LogP contribution in [0.15, 0.2) is 48.5 Å². The van der Waals surface area contributed by atoms with Gasteiger partial charge in [-0.25, -0.2) is 0 Å². The average molecular weight is 543 g/mol. The predicted molar refractivity (Wildman–Crippen MR) is 159 cm³/mol. The van der Waals surface area contributed by atoms with Gasteiger partial charge >= 0.3 is 0 Å². The number of aryl methyl sites for hydroxylation is 2. The molecule has 4 aliphatic heterocycles. The van der Waals surface area contributed by atoms with E-state index in [0.29, 0.717) is 25.2 Å². The second-order valence-electron chi connectivity index (χ2n) is 13.1. The number of nitrogens with one attached hydrogen (secondary N) is 2. The first-order valence-electron chi connectivity index (χ1n) is 15.4. The maximum atomic E-state index is 13.7. The van der Waals surface area contributed by atoms with Crippen LogP contribution in [-0.2, 0) is 9.59 Å². The largest absolute Gasteiger partial charge is 0.354 e. The van der Waals surface area contributed by atoms with Gasteiger partial charge in [-0.05, 0) is 89.4 Å². The molecule has 214 valence electrons. The van der Waals surface area contributed by atoms with Crippen molar-refractivity contribution in [1.82, 2.24) is 20.4 Å². The van der Waals surface area contributed by atoms with Gasteiger partial charge in [-0.2, -0.15) is 0 Å². The van der Waals surface area contributed by atoms with E-state index in [-0.39, 0.29) is 47.6 Å². The summed E-state index contributed by atoms with van der Waals surface area (Å²) in [7, 11) is 4.38. The summed E-state index contributed by atoms with van der Waals surface area (Å²) in [6, 6.07) is 19.2. The van der Waals surface area contributed by atoms with Crippen LogP contribution in [-0.4, -0.2) is 73.0 Å². The van der Waals surface area contributed by atoms with Gasteiger partial charge in [-0.3, -0.25) is 19.4 Å².